The molecule has 0 saturated carbocycles. The molecule has 1 aromatic rings. The predicted molar refractivity (Wildman–Crippen MR) is 102 cm³/mol. The fourth-order valence-corrected chi connectivity index (χ4v) is 3.54. The Morgan fingerprint density at radius 3 is 2.81 bits per heavy atom. The maximum absolute atomic E-state index is 12.5. The number of pyridine rings is 1. The highest BCUT2D eigenvalue weighted by Gasteiger charge is 2.28. The van der Waals surface area contributed by atoms with E-state index in [-0.39, 0.29) is 12.0 Å². The van der Waals surface area contributed by atoms with E-state index in [9.17, 15) is 4.79 Å². The molecule has 1 aromatic heterocycles. The largest absolute Gasteiger partial charge is 0.444 e. The second-order valence-electron chi connectivity index (χ2n) is 8.24. The van der Waals surface area contributed by atoms with E-state index in [2.05, 4.69) is 24.0 Å². The number of fused-ring (bicyclic) bond motifs is 1. The first kappa shape index (κ1) is 19.0. The highest BCUT2D eigenvalue weighted by molar-refractivity contribution is 5.68. The van der Waals surface area contributed by atoms with Gasteiger partial charge in [-0.3, -0.25) is 0 Å². The van der Waals surface area contributed by atoms with Crippen LogP contribution in [0.3, 0.4) is 0 Å². The summed E-state index contributed by atoms with van der Waals surface area (Å²) in [6, 6.07) is 4.29. The molecule has 2 aliphatic rings. The number of anilines is 1. The van der Waals surface area contributed by atoms with Gasteiger partial charge in [-0.05, 0) is 45.2 Å². The van der Waals surface area contributed by atoms with E-state index < -0.39 is 5.60 Å². The SMILES string of the molecule is CC1CN(C(=O)OC(C)(C)C)CCc2ccc(N3CCCOCC3)nc21. The van der Waals surface area contributed by atoms with Gasteiger partial charge in [-0.25, -0.2) is 9.78 Å². The van der Waals surface area contributed by atoms with Gasteiger partial charge in [-0.15, -0.1) is 0 Å². The fourth-order valence-electron chi connectivity index (χ4n) is 3.54. The summed E-state index contributed by atoms with van der Waals surface area (Å²) in [7, 11) is 0. The minimum absolute atomic E-state index is 0.184. The van der Waals surface area contributed by atoms with Gasteiger partial charge in [0, 0.05) is 38.7 Å². The van der Waals surface area contributed by atoms with Gasteiger partial charge < -0.3 is 19.3 Å². The van der Waals surface area contributed by atoms with Crippen LogP contribution in [0.2, 0.25) is 0 Å². The molecule has 1 unspecified atom stereocenters. The van der Waals surface area contributed by atoms with E-state index in [1.54, 1.807) is 0 Å². The van der Waals surface area contributed by atoms with E-state index in [0.29, 0.717) is 13.1 Å². The Bertz CT molecular complexity index is 634. The number of nitrogens with zero attached hydrogens (tertiary/aromatic N) is 3. The Kier molecular flexibility index (Phi) is 5.70. The Labute approximate surface area is 156 Å². The van der Waals surface area contributed by atoms with Gasteiger partial charge in [-0.2, -0.15) is 0 Å². The number of carbonyl (C=O) groups is 1. The summed E-state index contributed by atoms with van der Waals surface area (Å²) in [5.74, 6) is 1.20. The summed E-state index contributed by atoms with van der Waals surface area (Å²) < 4.78 is 11.1. The second-order valence-corrected chi connectivity index (χ2v) is 8.24. The molecule has 26 heavy (non-hydrogen) atoms. The number of ether oxygens (including phenoxy) is 2. The molecule has 6 heteroatoms. The van der Waals surface area contributed by atoms with Crippen molar-refractivity contribution in [3.8, 4) is 0 Å². The molecule has 2 aliphatic heterocycles. The van der Waals surface area contributed by atoms with Crippen LogP contribution in [0.15, 0.2) is 12.1 Å². The molecule has 1 saturated heterocycles. The third kappa shape index (κ3) is 4.67. The smallest absolute Gasteiger partial charge is 0.410 e. The zero-order valence-corrected chi connectivity index (χ0v) is 16.5. The molecule has 0 spiro atoms. The molecule has 6 nitrogen and oxygen atoms in total. The molecule has 1 fully saturated rings. The average molecular weight is 361 g/mol. The Hall–Kier alpha value is -1.82. The third-order valence-electron chi connectivity index (χ3n) is 4.81. The van der Waals surface area contributed by atoms with Crippen LogP contribution in [-0.4, -0.2) is 61.0 Å². The van der Waals surface area contributed by atoms with E-state index in [1.807, 2.05) is 25.7 Å². The predicted octanol–water partition coefficient (Wildman–Crippen LogP) is 3.21. The van der Waals surface area contributed by atoms with E-state index in [0.717, 1.165) is 50.7 Å². The lowest BCUT2D eigenvalue weighted by molar-refractivity contribution is 0.0248. The minimum Gasteiger partial charge on any atom is -0.444 e. The second kappa shape index (κ2) is 7.82. The minimum atomic E-state index is -0.472. The van der Waals surface area contributed by atoms with Gasteiger partial charge in [-0.1, -0.05) is 13.0 Å². The molecular weight excluding hydrogens is 330 g/mol. The third-order valence-corrected chi connectivity index (χ3v) is 4.81. The van der Waals surface area contributed by atoms with Crippen molar-refractivity contribution >= 4 is 11.9 Å². The molecule has 0 bridgehead atoms. The Morgan fingerprint density at radius 1 is 1.23 bits per heavy atom. The topological polar surface area (TPSA) is 54.9 Å². The van der Waals surface area contributed by atoms with Crippen LogP contribution in [-0.2, 0) is 15.9 Å². The van der Waals surface area contributed by atoms with E-state index in [4.69, 9.17) is 14.5 Å². The van der Waals surface area contributed by atoms with Crippen LogP contribution in [0.4, 0.5) is 10.6 Å². The van der Waals surface area contributed by atoms with Crippen molar-refractivity contribution in [2.45, 2.75) is 52.1 Å². The molecule has 0 N–H and O–H groups in total. The molecule has 1 atom stereocenters. The van der Waals surface area contributed by atoms with Gasteiger partial charge in [0.1, 0.15) is 11.4 Å². The standard InChI is InChI=1S/C20H31N3O3/c1-15-14-23(19(24)26-20(2,3)4)10-8-16-6-7-17(21-18(15)16)22-9-5-12-25-13-11-22/h6-7,15H,5,8-14H2,1-4H3. The molecule has 0 aromatic carbocycles. The highest BCUT2D eigenvalue weighted by atomic mass is 16.6. The maximum Gasteiger partial charge on any atom is 0.410 e. The van der Waals surface area contributed by atoms with Crippen molar-refractivity contribution in [3.63, 3.8) is 0 Å². The first-order chi connectivity index (χ1) is 12.3. The average Bonchev–Trinajstić information content (AvgIpc) is 2.93. The number of hydrogen-bond donors (Lipinski definition) is 0. The monoisotopic (exact) mass is 361 g/mol. The first-order valence-electron chi connectivity index (χ1n) is 9.64. The number of rotatable bonds is 1. The summed E-state index contributed by atoms with van der Waals surface area (Å²) in [5, 5.41) is 0. The normalized spacial score (nSPS) is 21.6. The fraction of sp³-hybridized carbons (Fsp3) is 0.700. The summed E-state index contributed by atoms with van der Waals surface area (Å²) in [6.07, 6.45) is 1.61. The Morgan fingerprint density at radius 2 is 2.04 bits per heavy atom. The molecule has 1 amide bonds. The molecule has 144 valence electrons. The van der Waals surface area contributed by atoms with E-state index in [1.165, 1.54) is 5.56 Å². The van der Waals surface area contributed by atoms with Gasteiger partial charge in [0.25, 0.3) is 0 Å². The summed E-state index contributed by atoms with van der Waals surface area (Å²) in [4.78, 5) is 21.6. The number of hydrogen-bond acceptors (Lipinski definition) is 5. The van der Waals surface area contributed by atoms with Crippen molar-refractivity contribution in [3.05, 3.63) is 23.4 Å². The molecular formula is C20H31N3O3. The van der Waals surface area contributed by atoms with Gasteiger partial charge in [0.2, 0.25) is 0 Å². The molecule has 0 aliphatic carbocycles. The van der Waals surface area contributed by atoms with Crippen LogP contribution in [0.5, 0.6) is 0 Å². The van der Waals surface area contributed by atoms with E-state index >= 15 is 0 Å². The van der Waals surface area contributed by atoms with Crippen LogP contribution in [0.25, 0.3) is 0 Å². The van der Waals surface area contributed by atoms with Crippen LogP contribution in [0.1, 0.15) is 51.3 Å². The number of aromatic nitrogens is 1. The zero-order chi connectivity index (χ0) is 18.7. The lowest BCUT2D eigenvalue weighted by Gasteiger charge is -2.27. The van der Waals surface area contributed by atoms with Crippen molar-refractivity contribution in [2.24, 2.45) is 0 Å². The zero-order valence-electron chi connectivity index (χ0n) is 16.5. The molecule has 0 radical (unpaired) electrons. The van der Waals surface area contributed by atoms with Crippen LogP contribution >= 0.6 is 0 Å². The lowest BCUT2D eigenvalue weighted by atomic mass is 10.0. The number of amides is 1. The highest BCUT2D eigenvalue weighted by Crippen LogP contribution is 2.27. The Balaban J connectivity index is 1.75. The summed E-state index contributed by atoms with van der Waals surface area (Å²) in [6.45, 7) is 12.6. The molecule has 3 rings (SSSR count). The van der Waals surface area contributed by atoms with Crippen molar-refractivity contribution in [1.29, 1.82) is 0 Å². The maximum atomic E-state index is 12.5. The van der Waals surface area contributed by atoms with Crippen LogP contribution in [0, 0.1) is 0 Å². The summed E-state index contributed by atoms with van der Waals surface area (Å²) in [5.41, 5.74) is 1.87. The van der Waals surface area contributed by atoms with Gasteiger partial charge in [0.05, 0.1) is 12.3 Å². The van der Waals surface area contributed by atoms with Crippen molar-refractivity contribution < 1.29 is 14.3 Å². The molecule has 3 heterocycles. The first-order valence-corrected chi connectivity index (χ1v) is 9.64. The summed E-state index contributed by atoms with van der Waals surface area (Å²) >= 11 is 0. The quantitative estimate of drug-likeness (QED) is 0.769. The van der Waals surface area contributed by atoms with Crippen molar-refractivity contribution in [1.82, 2.24) is 9.88 Å². The lowest BCUT2D eigenvalue weighted by Crippen LogP contribution is -2.38. The van der Waals surface area contributed by atoms with Crippen LogP contribution < -0.4 is 4.90 Å². The van der Waals surface area contributed by atoms with Crippen molar-refractivity contribution in [2.75, 3.05) is 44.3 Å². The van der Waals surface area contributed by atoms with Gasteiger partial charge in [0.15, 0.2) is 0 Å². The van der Waals surface area contributed by atoms with Gasteiger partial charge >= 0.3 is 6.09 Å². The number of carbonyl (C=O) groups excluding carboxylic acids is 1.